The summed E-state index contributed by atoms with van der Waals surface area (Å²) in [6.07, 6.45) is 0. The standard InChI is InChI=1S/C57H38S/c1-57(2)51-22-11-10-17-43(51)49-33-50-48-30-28-40-31-39(27-29-42(40)56(48)58-53(50)34-52(49)57)36-23-25-37(26-24-36)54-44-18-6-8-20-46(44)55(47-21-9-7-19-45(47)54)41-16-12-15-38(32-41)35-13-4-3-5-14-35/h3-34H,1-2H3. The summed E-state index contributed by atoms with van der Waals surface area (Å²) >= 11 is 1.94. The molecule has 0 unspecified atom stereocenters. The predicted octanol–water partition coefficient (Wildman–Crippen LogP) is 16.5. The van der Waals surface area contributed by atoms with E-state index in [1.54, 1.807) is 0 Å². The van der Waals surface area contributed by atoms with E-state index in [2.05, 4.69) is 208 Å². The Bertz CT molecular complexity index is 3400. The molecule has 0 atom stereocenters. The molecule has 0 saturated heterocycles. The molecule has 0 radical (unpaired) electrons. The Morgan fingerprint density at radius 2 is 0.879 bits per heavy atom. The summed E-state index contributed by atoms with van der Waals surface area (Å²) in [5, 5.41) is 10.4. The van der Waals surface area contributed by atoms with Crippen LogP contribution in [0.15, 0.2) is 194 Å². The second-order valence-electron chi connectivity index (χ2n) is 16.4. The summed E-state index contributed by atoms with van der Waals surface area (Å²) in [5.41, 5.74) is 15.6. The summed E-state index contributed by atoms with van der Waals surface area (Å²) in [4.78, 5) is 0. The van der Waals surface area contributed by atoms with Crippen molar-refractivity contribution in [2.75, 3.05) is 0 Å². The normalized spacial score (nSPS) is 13.1. The van der Waals surface area contributed by atoms with Crippen molar-refractivity contribution in [2.45, 2.75) is 19.3 Å². The fourth-order valence-electron chi connectivity index (χ4n) is 10.0. The minimum absolute atomic E-state index is 0.00181. The number of hydrogen-bond donors (Lipinski definition) is 0. The average Bonchev–Trinajstić information content (AvgIpc) is 3.76. The molecule has 0 spiro atoms. The highest BCUT2D eigenvalue weighted by molar-refractivity contribution is 7.26. The van der Waals surface area contributed by atoms with Gasteiger partial charge in [0.15, 0.2) is 0 Å². The van der Waals surface area contributed by atoms with Crippen LogP contribution in [0, 0.1) is 0 Å². The van der Waals surface area contributed by atoms with Gasteiger partial charge >= 0.3 is 0 Å². The molecule has 1 heterocycles. The van der Waals surface area contributed by atoms with Crippen molar-refractivity contribution in [3.63, 3.8) is 0 Å². The lowest BCUT2D eigenvalue weighted by Crippen LogP contribution is -2.14. The minimum Gasteiger partial charge on any atom is -0.135 e. The number of thiophene rings is 1. The maximum Gasteiger partial charge on any atom is 0.0433 e. The van der Waals surface area contributed by atoms with Crippen LogP contribution >= 0.6 is 11.3 Å². The van der Waals surface area contributed by atoms with Gasteiger partial charge in [0, 0.05) is 25.6 Å². The van der Waals surface area contributed by atoms with E-state index in [1.807, 2.05) is 11.3 Å². The van der Waals surface area contributed by atoms with Crippen LogP contribution in [0.2, 0.25) is 0 Å². The van der Waals surface area contributed by atoms with Crippen molar-refractivity contribution >= 4 is 63.8 Å². The minimum atomic E-state index is 0.00181. The summed E-state index contributed by atoms with van der Waals surface area (Å²) in [5.74, 6) is 0. The van der Waals surface area contributed by atoms with E-state index in [4.69, 9.17) is 0 Å². The van der Waals surface area contributed by atoms with Crippen LogP contribution in [0.25, 0.3) is 108 Å². The second-order valence-corrected chi connectivity index (χ2v) is 17.5. The molecular weight excluding hydrogens is 717 g/mol. The first kappa shape index (κ1) is 33.4. The molecule has 12 rings (SSSR count). The van der Waals surface area contributed by atoms with Gasteiger partial charge in [-0.1, -0.05) is 184 Å². The summed E-state index contributed by atoms with van der Waals surface area (Å²) in [6.45, 7) is 4.74. The van der Waals surface area contributed by atoms with Gasteiger partial charge in [-0.05, 0) is 123 Å². The summed E-state index contributed by atoms with van der Waals surface area (Å²) in [6, 6.07) is 72.4. The first-order chi connectivity index (χ1) is 28.5. The van der Waals surface area contributed by atoms with Crippen molar-refractivity contribution in [3.05, 3.63) is 205 Å². The van der Waals surface area contributed by atoms with Crippen LogP contribution in [0.4, 0.5) is 0 Å². The lowest BCUT2D eigenvalue weighted by atomic mass is 9.82. The Balaban J connectivity index is 0.943. The van der Waals surface area contributed by atoms with Crippen LogP contribution in [-0.4, -0.2) is 0 Å². The molecule has 0 aliphatic heterocycles. The Morgan fingerprint density at radius 1 is 0.328 bits per heavy atom. The molecule has 0 N–H and O–H groups in total. The van der Waals surface area contributed by atoms with Crippen LogP contribution in [0.1, 0.15) is 25.0 Å². The summed E-state index contributed by atoms with van der Waals surface area (Å²) in [7, 11) is 0. The highest BCUT2D eigenvalue weighted by atomic mass is 32.1. The molecular formula is C57H38S. The van der Waals surface area contributed by atoms with E-state index in [-0.39, 0.29) is 5.41 Å². The van der Waals surface area contributed by atoms with Crippen LogP contribution in [0.5, 0.6) is 0 Å². The smallest absolute Gasteiger partial charge is 0.0433 e. The van der Waals surface area contributed by atoms with Gasteiger partial charge < -0.3 is 0 Å². The fourth-order valence-corrected chi connectivity index (χ4v) is 11.3. The number of fused-ring (bicyclic) bond motifs is 10. The highest BCUT2D eigenvalue weighted by Crippen LogP contribution is 2.52. The zero-order valence-corrected chi connectivity index (χ0v) is 33.2. The van der Waals surface area contributed by atoms with E-state index in [9.17, 15) is 0 Å². The van der Waals surface area contributed by atoms with Gasteiger partial charge in [-0.2, -0.15) is 0 Å². The quantitative estimate of drug-likeness (QED) is 0.157. The van der Waals surface area contributed by atoms with Crippen LogP contribution in [0.3, 0.4) is 0 Å². The molecule has 11 aromatic rings. The largest absolute Gasteiger partial charge is 0.135 e. The van der Waals surface area contributed by atoms with E-state index in [1.165, 1.54) is 119 Å². The van der Waals surface area contributed by atoms with Gasteiger partial charge in [0.2, 0.25) is 0 Å². The zero-order valence-electron chi connectivity index (χ0n) is 32.4. The van der Waals surface area contributed by atoms with Crippen molar-refractivity contribution in [1.82, 2.24) is 0 Å². The summed E-state index contributed by atoms with van der Waals surface area (Å²) < 4.78 is 2.74. The Hall–Kier alpha value is -6.80. The fraction of sp³-hybridized carbons (Fsp3) is 0.0526. The second kappa shape index (κ2) is 12.6. The lowest BCUT2D eigenvalue weighted by Gasteiger charge is -2.21. The Morgan fingerprint density at radius 3 is 1.62 bits per heavy atom. The molecule has 10 aromatic carbocycles. The molecule has 0 nitrogen and oxygen atoms in total. The first-order valence-corrected chi connectivity index (χ1v) is 21.1. The maximum absolute atomic E-state index is 2.47. The zero-order chi connectivity index (χ0) is 38.5. The van der Waals surface area contributed by atoms with Gasteiger partial charge in [-0.3, -0.25) is 0 Å². The molecule has 0 fully saturated rings. The van der Waals surface area contributed by atoms with Gasteiger partial charge in [0.05, 0.1) is 0 Å². The van der Waals surface area contributed by atoms with Crippen molar-refractivity contribution in [2.24, 2.45) is 0 Å². The predicted molar refractivity (Wildman–Crippen MR) is 251 cm³/mol. The van der Waals surface area contributed by atoms with Gasteiger partial charge in [-0.25, -0.2) is 0 Å². The topological polar surface area (TPSA) is 0 Å². The van der Waals surface area contributed by atoms with Gasteiger partial charge in [0.1, 0.15) is 0 Å². The molecule has 1 aliphatic carbocycles. The molecule has 1 aliphatic rings. The van der Waals surface area contributed by atoms with Crippen molar-refractivity contribution in [1.29, 1.82) is 0 Å². The maximum atomic E-state index is 2.47. The monoisotopic (exact) mass is 754 g/mol. The van der Waals surface area contributed by atoms with E-state index >= 15 is 0 Å². The Labute approximate surface area is 342 Å². The van der Waals surface area contributed by atoms with Crippen LogP contribution in [-0.2, 0) is 5.41 Å². The lowest BCUT2D eigenvalue weighted by molar-refractivity contribution is 0.661. The van der Waals surface area contributed by atoms with Crippen molar-refractivity contribution < 1.29 is 0 Å². The van der Waals surface area contributed by atoms with E-state index in [0.717, 1.165) is 0 Å². The molecule has 1 heteroatoms. The third-order valence-corrected chi connectivity index (χ3v) is 14.1. The molecule has 272 valence electrons. The molecule has 0 saturated carbocycles. The Kier molecular flexibility index (Phi) is 7.25. The third-order valence-electron chi connectivity index (χ3n) is 12.9. The first-order valence-electron chi connectivity index (χ1n) is 20.2. The molecule has 0 bridgehead atoms. The van der Waals surface area contributed by atoms with E-state index in [0.29, 0.717) is 0 Å². The average molecular weight is 755 g/mol. The van der Waals surface area contributed by atoms with E-state index < -0.39 is 0 Å². The third kappa shape index (κ3) is 4.93. The highest BCUT2D eigenvalue weighted by Gasteiger charge is 2.35. The number of rotatable bonds is 4. The van der Waals surface area contributed by atoms with Gasteiger partial charge in [0.25, 0.3) is 0 Å². The van der Waals surface area contributed by atoms with Crippen molar-refractivity contribution in [3.8, 4) is 55.6 Å². The number of hydrogen-bond acceptors (Lipinski definition) is 1. The molecule has 58 heavy (non-hydrogen) atoms. The van der Waals surface area contributed by atoms with Crippen LogP contribution < -0.4 is 0 Å². The number of benzene rings is 10. The molecule has 0 amide bonds. The SMILES string of the molecule is CC1(C)c2ccccc2-c2cc3c(cc21)sc1c2ccc(-c4ccc(-c5c6ccccc6c(-c6cccc(-c7ccccc7)c6)c6ccccc56)cc4)cc2ccc31. The van der Waals surface area contributed by atoms with Gasteiger partial charge in [-0.15, -0.1) is 11.3 Å². The molecule has 1 aromatic heterocycles.